The topological polar surface area (TPSA) is 57.7 Å². The van der Waals surface area contributed by atoms with Crippen LogP contribution < -0.4 is 10.2 Å². The second-order valence-electron chi connectivity index (χ2n) is 6.16. The van der Waals surface area contributed by atoms with Crippen LogP contribution in [-0.2, 0) is 4.74 Å². The van der Waals surface area contributed by atoms with E-state index >= 15 is 0 Å². The van der Waals surface area contributed by atoms with Crippen LogP contribution >= 0.6 is 0 Å². The van der Waals surface area contributed by atoms with Crippen LogP contribution in [0.3, 0.4) is 0 Å². The summed E-state index contributed by atoms with van der Waals surface area (Å²) in [6, 6.07) is 3.79. The zero-order valence-electron chi connectivity index (χ0n) is 13.7. The van der Waals surface area contributed by atoms with E-state index in [2.05, 4.69) is 15.2 Å². The van der Waals surface area contributed by atoms with Crippen molar-refractivity contribution >= 4 is 17.5 Å². The van der Waals surface area contributed by atoms with Gasteiger partial charge in [-0.15, -0.1) is 0 Å². The molecule has 23 heavy (non-hydrogen) atoms. The maximum atomic E-state index is 12.6. The van der Waals surface area contributed by atoms with Crippen molar-refractivity contribution in [1.82, 2.24) is 9.88 Å². The van der Waals surface area contributed by atoms with Gasteiger partial charge in [-0.05, 0) is 25.0 Å². The fourth-order valence-electron chi connectivity index (χ4n) is 3.17. The Hall–Kier alpha value is -1.82. The van der Waals surface area contributed by atoms with Crippen molar-refractivity contribution in [3.63, 3.8) is 0 Å². The fourth-order valence-corrected chi connectivity index (χ4v) is 3.17. The Labute approximate surface area is 137 Å². The normalized spacial score (nSPS) is 19.8. The lowest BCUT2D eigenvalue weighted by atomic mass is 10.1. The van der Waals surface area contributed by atoms with E-state index in [-0.39, 0.29) is 6.03 Å². The van der Waals surface area contributed by atoms with Crippen molar-refractivity contribution in [2.75, 3.05) is 49.6 Å². The van der Waals surface area contributed by atoms with E-state index in [9.17, 15) is 4.79 Å². The minimum Gasteiger partial charge on any atom is -0.378 e. The molecule has 6 nitrogen and oxygen atoms in total. The molecule has 0 saturated carbocycles. The maximum Gasteiger partial charge on any atom is 0.321 e. The number of carbonyl (C=O) groups excluding carboxylic acids is 1. The van der Waals surface area contributed by atoms with Crippen LogP contribution in [-0.4, -0.2) is 55.3 Å². The zero-order valence-corrected chi connectivity index (χ0v) is 13.7. The quantitative estimate of drug-likeness (QED) is 0.911. The number of nitrogens with zero attached hydrogens (tertiary/aromatic N) is 3. The monoisotopic (exact) mass is 318 g/mol. The molecule has 0 atom stereocenters. The Morgan fingerprint density at radius 1 is 1.04 bits per heavy atom. The minimum absolute atomic E-state index is 0.00518. The van der Waals surface area contributed by atoms with Gasteiger partial charge in [-0.1, -0.05) is 19.3 Å². The summed E-state index contributed by atoms with van der Waals surface area (Å²) in [4.78, 5) is 21.2. The first-order valence-electron chi connectivity index (χ1n) is 8.68. The van der Waals surface area contributed by atoms with Crippen molar-refractivity contribution < 1.29 is 9.53 Å². The molecule has 2 aliphatic rings. The fraction of sp³-hybridized carbons (Fsp3) is 0.647. The van der Waals surface area contributed by atoms with Crippen LogP contribution in [0.4, 0.5) is 16.3 Å². The molecule has 1 N–H and O–H groups in total. The summed E-state index contributed by atoms with van der Waals surface area (Å²) in [6.07, 6.45) is 7.69. The number of urea groups is 1. The summed E-state index contributed by atoms with van der Waals surface area (Å²) in [5.74, 6) is 0.844. The molecule has 3 rings (SSSR count). The lowest BCUT2D eigenvalue weighted by Crippen LogP contribution is -2.39. The van der Waals surface area contributed by atoms with Gasteiger partial charge in [0.05, 0.1) is 18.9 Å². The lowest BCUT2D eigenvalue weighted by molar-refractivity contribution is 0.122. The predicted molar refractivity (Wildman–Crippen MR) is 90.9 cm³/mol. The highest BCUT2D eigenvalue weighted by Crippen LogP contribution is 2.24. The molecular formula is C17H26N4O2. The Morgan fingerprint density at radius 3 is 2.48 bits per heavy atom. The van der Waals surface area contributed by atoms with E-state index in [1.807, 2.05) is 17.0 Å². The predicted octanol–water partition coefficient (Wildman–Crippen LogP) is 2.72. The molecule has 0 unspecified atom stereocenters. The molecule has 1 aromatic rings. The molecule has 2 amide bonds. The number of hydrogen-bond donors (Lipinski definition) is 1. The van der Waals surface area contributed by atoms with Crippen LogP contribution in [0.25, 0.3) is 0 Å². The summed E-state index contributed by atoms with van der Waals surface area (Å²) in [5.41, 5.74) is 0.793. The SMILES string of the molecule is O=C(Nc1cccnc1N1CCOCC1)N1CCCCCCC1. The van der Waals surface area contributed by atoms with Crippen LogP contribution in [0.2, 0.25) is 0 Å². The molecule has 126 valence electrons. The van der Waals surface area contributed by atoms with Gasteiger partial charge in [-0.3, -0.25) is 0 Å². The Bertz CT molecular complexity index is 509. The number of pyridine rings is 1. The number of rotatable bonds is 2. The number of carbonyl (C=O) groups is 1. The standard InChI is InChI=1S/C17H26N4O2/c22-17(21-9-4-2-1-3-5-10-21)19-15-7-6-8-18-16(15)20-11-13-23-14-12-20/h6-8H,1-5,9-14H2,(H,19,22). The number of nitrogens with one attached hydrogen (secondary N) is 1. The van der Waals surface area contributed by atoms with Crippen molar-refractivity contribution in [2.24, 2.45) is 0 Å². The first-order chi connectivity index (χ1) is 11.3. The smallest absolute Gasteiger partial charge is 0.321 e. The second-order valence-corrected chi connectivity index (χ2v) is 6.16. The van der Waals surface area contributed by atoms with Crippen molar-refractivity contribution in [3.05, 3.63) is 18.3 Å². The lowest BCUT2D eigenvalue weighted by Gasteiger charge is -2.30. The van der Waals surface area contributed by atoms with E-state index in [0.717, 1.165) is 50.5 Å². The van der Waals surface area contributed by atoms with Gasteiger partial charge in [0.15, 0.2) is 5.82 Å². The molecule has 2 fully saturated rings. The summed E-state index contributed by atoms with van der Waals surface area (Å²) in [7, 11) is 0. The van der Waals surface area contributed by atoms with Crippen LogP contribution in [0, 0.1) is 0 Å². The molecule has 3 heterocycles. The third-order valence-electron chi connectivity index (χ3n) is 4.48. The summed E-state index contributed by atoms with van der Waals surface area (Å²) < 4.78 is 5.40. The Balaban J connectivity index is 1.67. The molecule has 0 spiro atoms. The zero-order chi connectivity index (χ0) is 15.9. The third kappa shape index (κ3) is 4.34. The average Bonchev–Trinajstić information content (AvgIpc) is 2.56. The van der Waals surface area contributed by atoms with Crippen LogP contribution in [0.5, 0.6) is 0 Å². The average molecular weight is 318 g/mol. The van der Waals surface area contributed by atoms with Crippen LogP contribution in [0.15, 0.2) is 18.3 Å². The van der Waals surface area contributed by atoms with E-state index in [4.69, 9.17) is 4.74 Å². The van der Waals surface area contributed by atoms with Gasteiger partial charge in [-0.25, -0.2) is 9.78 Å². The van der Waals surface area contributed by atoms with Gasteiger partial charge in [0.2, 0.25) is 0 Å². The summed E-state index contributed by atoms with van der Waals surface area (Å²) in [5, 5.41) is 3.07. The molecule has 2 aliphatic heterocycles. The second kappa shape index (κ2) is 8.15. The summed E-state index contributed by atoms with van der Waals surface area (Å²) in [6.45, 7) is 4.72. The molecule has 6 heteroatoms. The molecular weight excluding hydrogens is 292 g/mol. The van der Waals surface area contributed by atoms with Gasteiger partial charge in [0.1, 0.15) is 0 Å². The first kappa shape index (κ1) is 16.1. The highest BCUT2D eigenvalue weighted by molar-refractivity contribution is 5.92. The number of anilines is 2. The molecule has 0 radical (unpaired) electrons. The highest BCUT2D eigenvalue weighted by Gasteiger charge is 2.20. The molecule has 2 saturated heterocycles. The third-order valence-corrected chi connectivity index (χ3v) is 4.48. The molecule has 1 aromatic heterocycles. The minimum atomic E-state index is -0.00518. The van der Waals surface area contributed by atoms with Crippen molar-refractivity contribution in [3.8, 4) is 0 Å². The van der Waals surface area contributed by atoms with Gasteiger partial charge in [0.25, 0.3) is 0 Å². The Morgan fingerprint density at radius 2 is 1.74 bits per heavy atom. The largest absolute Gasteiger partial charge is 0.378 e. The Kier molecular flexibility index (Phi) is 5.69. The van der Waals surface area contributed by atoms with E-state index in [1.165, 1.54) is 19.3 Å². The van der Waals surface area contributed by atoms with Gasteiger partial charge in [-0.2, -0.15) is 0 Å². The molecule has 0 bridgehead atoms. The van der Waals surface area contributed by atoms with Gasteiger partial charge in [0, 0.05) is 32.4 Å². The van der Waals surface area contributed by atoms with Gasteiger partial charge < -0.3 is 19.9 Å². The molecule has 0 aliphatic carbocycles. The van der Waals surface area contributed by atoms with E-state index < -0.39 is 0 Å². The highest BCUT2D eigenvalue weighted by atomic mass is 16.5. The number of ether oxygens (including phenoxy) is 1. The van der Waals surface area contributed by atoms with E-state index in [0.29, 0.717) is 13.2 Å². The number of amides is 2. The maximum absolute atomic E-state index is 12.6. The summed E-state index contributed by atoms with van der Waals surface area (Å²) >= 11 is 0. The number of morpholine rings is 1. The molecule has 0 aromatic carbocycles. The number of likely N-dealkylation sites (tertiary alicyclic amines) is 1. The van der Waals surface area contributed by atoms with Crippen molar-refractivity contribution in [1.29, 1.82) is 0 Å². The first-order valence-corrected chi connectivity index (χ1v) is 8.68. The number of aromatic nitrogens is 1. The van der Waals surface area contributed by atoms with Gasteiger partial charge >= 0.3 is 6.03 Å². The van der Waals surface area contributed by atoms with Crippen molar-refractivity contribution in [2.45, 2.75) is 32.1 Å². The van der Waals surface area contributed by atoms with Crippen LogP contribution in [0.1, 0.15) is 32.1 Å². The number of hydrogen-bond acceptors (Lipinski definition) is 4. The van der Waals surface area contributed by atoms with E-state index in [1.54, 1.807) is 6.20 Å².